The van der Waals surface area contributed by atoms with Crippen molar-refractivity contribution in [1.82, 2.24) is 9.88 Å². The zero-order valence-corrected chi connectivity index (χ0v) is 10.1. The van der Waals surface area contributed by atoms with Gasteiger partial charge in [-0.1, -0.05) is 0 Å². The highest BCUT2D eigenvalue weighted by atomic mass is 16.1. The molecule has 18 heavy (non-hydrogen) atoms. The summed E-state index contributed by atoms with van der Waals surface area (Å²) in [5.41, 5.74) is 1.37. The topological polar surface area (TPSA) is 53.2 Å². The van der Waals surface area contributed by atoms with E-state index in [9.17, 15) is 9.59 Å². The Hall–Kier alpha value is -1.94. The van der Waals surface area contributed by atoms with E-state index < -0.39 is 0 Å². The number of hydrogen-bond acceptors (Lipinski definition) is 3. The fourth-order valence-electron chi connectivity index (χ4n) is 2.41. The molecule has 0 bridgehead atoms. The molecule has 0 spiro atoms. The number of H-pyrrole nitrogens is 1. The van der Waals surface area contributed by atoms with Crippen LogP contribution in [0.1, 0.15) is 10.4 Å². The van der Waals surface area contributed by atoms with Gasteiger partial charge < -0.3 is 9.88 Å². The summed E-state index contributed by atoms with van der Waals surface area (Å²) in [6, 6.07) is 8.67. The molecule has 0 atom stereocenters. The molecule has 92 valence electrons. The lowest BCUT2D eigenvalue weighted by atomic mass is 9.91. The molecule has 2 aromatic rings. The number of Topliss-reactive ketones (excluding diaryl/α,β-unsaturated/α-hetero) is 1. The van der Waals surface area contributed by atoms with Gasteiger partial charge >= 0.3 is 0 Å². The average molecular weight is 242 g/mol. The lowest BCUT2D eigenvalue weighted by molar-refractivity contribution is 0.0703. The van der Waals surface area contributed by atoms with Crippen molar-refractivity contribution in [3.05, 3.63) is 46.2 Å². The van der Waals surface area contributed by atoms with E-state index in [1.807, 2.05) is 13.1 Å². The summed E-state index contributed by atoms with van der Waals surface area (Å²) in [6.45, 7) is 1.67. The Morgan fingerprint density at radius 1 is 1.28 bits per heavy atom. The Morgan fingerprint density at radius 2 is 2.06 bits per heavy atom. The van der Waals surface area contributed by atoms with Gasteiger partial charge in [-0.3, -0.25) is 9.59 Å². The number of aromatic nitrogens is 1. The Kier molecular flexibility index (Phi) is 2.52. The first-order valence-electron chi connectivity index (χ1n) is 5.99. The summed E-state index contributed by atoms with van der Waals surface area (Å²) >= 11 is 0. The standard InChI is InChI=1S/C14H14N2O2/c1-16-7-11(8-16)14(18)10-2-4-12-9(6-10)3-5-13(17)15-12/h2-6,11H,7-8H2,1H3,(H,15,17). The second-order valence-corrected chi connectivity index (χ2v) is 4.91. The molecule has 0 saturated carbocycles. The van der Waals surface area contributed by atoms with Crippen LogP contribution in [0.2, 0.25) is 0 Å². The fourth-order valence-corrected chi connectivity index (χ4v) is 2.41. The number of hydrogen-bond donors (Lipinski definition) is 1. The summed E-state index contributed by atoms with van der Waals surface area (Å²) in [5.74, 6) is 0.316. The molecule has 0 aliphatic carbocycles. The van der Waals surface area contributed by atoms with Crippen molar-refractivity contribution >= 4 is 16.7 Å². The molecular formula is C14H14N2O2. The molecule has 1 saturated heterocycles. The minimum atomic E-state index is -0.123. The van der Waals surface area contributed by atoms with Crippen LogP contribution in [0.3, 0.4) is 0 Å². The lowest BCUT2D eigenvalue weighted by Gasteiger charge is -2.35. The van der Waals surface area contributed by atoms with Crippen molar-refractivity contribution in [2.45, 2.75) is 0 Å². The number of carbonyl (C=O) groups excluding carboxylic acids is 1. The highest BCUT2D eigenvalue weighted by Crippen LogP contribution is 2.21. The summed E-state index contributed by atoms with van der Waals surface area (Å²) in [4.78, 5) is 28.2. The molecule has 1 N–H and O–H groups in total. The normalized spacial score (nSPS) is 16.7. The van der Waals surface area contributed by atoms with Gasteiger partial charge in [0.1, 0.15) is 0 Å². The van der Waals surface area contributed by atoms with Crippen molar-refractivity contribution in [3.8, 4) is 0 Å². The smallest absolute Gasteiger partial charge is 0.248 e. The largest absolute Gasteiger partial charge is 0.322 e. The van der Waals surface area contributed by atoms with Gasteiger partial charge in [-0.25, -0.2) is 0 Å². The Labute approximate surface area is 104 Å². The molecular weight excluding hydrogens is 228 g/mol. The van der Waals surface area contributed by atoms with E-state index in [0.717, 1.165) is 29.6 Å². The molecule has 0 unspecified atom stereocenters. The number of nitrogens with one attached hydrogen (secondary N) is 1. The molecule has 1 aliphatic heterocycles. The van der Waals surface area contributed by atoms with E-state index in [2.05, 4.69) is 9.88 Å². The number of benzene rings is 1. The zero-order valence-electron chi connectivity index (χ0n) is 10.1. The molecule has 2 heterocycles. The van der Waals surface area contributed by atoms with E-state index in [0.29, 0.717) is 0 Å². The van der Waals surface area contributed by atoms with Crippen molar-refractivity contribution in [1.29, 1.82) is 0 Å². The first-order chi connectivity index (χ1) is 8.63. The van der Waals surface area contributed by atoms with Crippen LogP contribution in [0.5, 0.6) is 0 Å². The highest BCUT2D eigenvalue weighted by Gasteiger charge is 2.30. The minimum absolute atomic E-state index is 0.121. The third-order valence-electron chi connectivity index (χ3n) is 3.44. The summed E-state index contributed by atoms with van der Waals surface area (Å²) in [5, 5.41) is 0.896. The number of aromatic amines is 1. The van der Waals surface area contributed by atoms with Gasteiger partial charge in [0, 0.05) is 36.2 Å². The van der Waals surface area contributed by atoms with Crippen molar-refractivity contribution < 1.29 is 4.79 Å². The predicted octanol–water partition coefficient (Wildman–Crippen LogP) is 1.27. The van der Waals surface area contributed by atoms with E-state index in [1.165, 1.54) is 6.07 Å². The zero-order chi connectivity index (χ0) is 12.7. The van der Waals surface area contributed by atoms with E-state index in [1.54, 1.807) is 18.2 Å². The third-order valence-corrected chi connectivity index (χ3v) is 3.44. The van der Waals surface area contributed by atoms with Crippen LogP contribution in [0.4, 0.5) is 0 Å². The van der Waals surface area contributed by atoms with Gasteiger partial charge in [0.15, 0.2) is 5.78 Å². The summed E-state index contributed by atoms with van der Waals surface area (Å²) in [6.07, 6.45) is 0. The average Bonchev–Trinajstić information content (AvgIpc) is 2.33. The van der Waals surface area contributed by atoms with Crippen LogP contribution >= 0.6 is 0 Å². The van der Waals surface area contributed by atoms with E-state index in [4.69, 9.17) is 0 Å². The fraction of sp³-hybridized carbons (Fsp3) is 0.286. The second kappa shape index (κ2) is 4.07. The van der Waals surface area contributed by atoms with Crippen molar-refractivity contribution in [3.63, 3.8) is 0 Å². The first kappa shape index (κ1) is 11.2. The van der Waals surface area contributed by atoms with Gasteiger partial charge in [0.05, 0.1) is 0 Å². The molecule has 1 aliphatic rings. The van der Waals surface area contributed by atoms with Crippen LogP contribution < -0.4 is 5.56 Å². The molecule has 1 aromatic heterocycles. The molecule has 1 aromatic carbocycles. The Bertz CT molecular complexity index is 669. The minimum Gasteiger partial charge on any atom is -0.322 e. The van der Waals surface area contributed by atoms with Crippen LogP contribution in [0.25, 0.3) is 10.9 Å². The third kappa shape index (κ3) is 1.84. The first-order valence-corrected chi connectivity index (χ1v) is 5.99. The SMILES string of the molecule is CN1CC(C(=O)c2ccc3[nH]c(=O)ccc3c2)C1. The Morgan fingerprint density at radius 3 is 2.78 bits per heavy atom. The maximum absolute atomic E-state index is 12.2. The molecule has 4 nitrogen and oxygen atoms in total. The van der Waals surface area contributed by atoms with Gasteiger partial charge in [-0.05, 0) is 36.7 Å². The van der Waals surface area contributed by atoms with Gasteiger partial charge in [0.25, 0.3) is 0 Å². The number of ketones is 1. The molecule has 1 fully saturated rings. The number of carbonyl (C=O) groups is 1. The van der Waals surface area contributed by atoms with Crippen LogP contribution in [0, 0.1) is 5.92 Å². The summed E-state index contributed by atoms with van der Waals surface area (Å²) < 4.78 is 0. The number of likely N-dealkylation sites (tertiary alicyclic amines) is 1. The molecule has 0 amide bonds. The number of nitrogens with zero attached hydrogens (tertiary/aromatic N) is 1. The highest BCUT2D eigenvalue weighted by molar-refractivity contribution is 6.01. The molecule has 4 heteroatoms. The molecule has 3 rings (SSSR count). The second-order valence-electron chi connectivity index (χ2n) is 4.91. The number of pyridine rings is 1. The van der Waals surface area contributed by atoms with Crippen molar-refractivity contribution in [2.75, 3.05) is 20.1 Å². The van der Waals surface area contributed by atoms with E-state index in [-0.39, 0.29) is 17.3 Å². The van der Waals surface area contributed by atoms with Gasteiger partial charge in [-0.15, -0.1) is 0 Å². The monoisotopic (exact) mass is 242 g/mol. The van der Waals surface area contributed by atoms with Crippen LogP contribution in [-0.2, 0) is 0 Å². The quantitative estimate of drug-likeness (QED) is 0.807. The lowest BCUT2D eigenvalue weighted by Crippen LogP contribution is -2.47. The Balaban J connectivity index is 1.96. The van der Waals surface area contributed by atoms with E-state index >= 15 is 0 Å². The predicted molar refractivity (Wildman–Crippen MR) is 69.9 cm³/mol. The summed E-state index contributed by atoms with van der Waals surface area (Å²) in [7, 11) is 2.01. The number of fused-ring (bicyclic) bond motifs is 1. The van der Waals surface area contributed by atoms with Crippen LogP contribution in [0.15, 0.2) is 35.1 Å². The maximum atomic E-state index is 12.2. The number of rotatable bonds is 2. The van der Waals surface area contributed by atoms with Gasteiger partial charge in [-0.2, -0.15) is 0 Å². The van der Waals surface area contributed by atoms with Crippen LogP contribution in [-0.4, -0.2) is 35.8 Å². The van der Waals surface area contributed by atoms with Gasteiger partial charge in [0.2, 0.25) is 5.56 Å². The van der Waals surface area contributed by atoms with Crippen molar-refractivity contribution in [2.24, 2.45) is 5.92 Å². The maximum Gasteiger partial charge on any atom is 0.248 e. The molecule has 0 radical (unpaired) electrons.